The molecule has 0 aliphatic heterocycles. The van der Waals surface area contributed by atoms with Crippen LogP contribution < -0.4 is 9.47 Å². The summed E-state index contributed by atoms with van der Waals surface area (Å²) in [4.78, 5) is 4.14. The van der Waals surface area contributed by atoms with E-state index in [0.717, 1.165) is 11.4 Å². The lowest BCUT2D eigenvalue weighted by Crippen LogP contribution is -2.04. The van der Waals surface area contributed by atoms with E-state index in [1.165, 1.54) is 0 Å². The van der Waals surface area contributed by atoms with E-state index in [2.05, 4.69) is 4.98 Å². The average Bonchev–Trinajstić information content (AvgIpc) is 2.76. The van der Waals surface area contributed by atoms with Crippen LogP contribution in [0.1, 0.15) is 11.4 Å². The van der Waals surface area contributed by atoms with Crippen molar-refractivity contribution in [3.05, 3.63) is 40.9 Å². The summed E-state index contributed by atoms with van der Waals surface area (Å²) < 4.78 is 12.6. The first-order valence-corrected chi connectivity index (χ1v) is 6.10. The summed E-state index contributed by atoms with van der Waals surface area (Å²) in [5.41, 5.74) is 0.768. The van der Waals surface area contributed by atoms with Crippen LogP contribution in [0.2, 0.25) is 5.15 Å². The van der Waals surface area contributed by atoms with E-state index >= 15 is 0 Å². The SMILES string of the molecule is COc1cc(CO)ccc1OCc1ncc(Cl)n1C. The zero-order chi connectivity index (χ0) is 13.8. The second-order valence-corrected chi connectivity index (χ2v) is 4.38. The van der Waals surface area contributed by atoms with Gasteiger partial charge in [0.05, 0.1) is 19.9 Å². The first kappa shape index (κ1) is 13.7. The molecule has 0 amide bonds. The number of benzene rings is 1. The van der Waals surface area contributed by atoms with Gasteiger partial charge in [-0.3, -0.25) is 0 Å². The molecule has 2 aromatic rings. The molecule has 0 spiro atoms. The monoisotopic (exact) mass is 282 g/mol. The Kier molecular flexibility index (Phi) is 4.29. The number of ether oxygens (including phenoxy) is 2. The quantitative estimate of drug-likeness (QED) is 0.913. The fourth-order valence-corrected chi connectivity index (χ4v) is 1.78. The Morgan fingerprint density at radius 1 is 1.37 bits per heavy atom. The van der Waals surface area contributed by atoms with Gasteiger partial charge in [0, 0.05) is 7.05 Å². The minimum absolute atomic E-state index is 0.0361. The van der Waals surface area contributed by atoms with Gasteiger partial charge in [-0.1, -0.05) is 17.7 Å². The number of aliphatic hydroxyl groups excluding tert-OH is 1. The number of aromatic nitrogens is 2. The van der Waals surface area contributed by atoms with Gasteiger partial charge in [0.2, 0.25) is 0 Å². The lowest BCUT2D eigenvalue weighted by molar-refractivity contribution is 0.268. The molecule has 1 heterocycles. The van der Waals surface area contributed by atoms with Gasteiger partial charge in [0.1, 0.15) is 17.6 Å². The molecular formula is C13H15ClN2O3. The number of rotatable bonds is 5. The van der Waals surface area contributed by atoms with Crippen molar-refractivity contribution in [1.82, 2.24) is 9.55 Å². The number of nitrogens with zero attached hydrogens (tertiary/aromatic N) is 2. The fourth-order valence-electron chi connectivity index (χ4n) is 1.63. The first-order valence-electron chi connectivity index (χ1n) is 5.72. The highest BCUT2D eigenvalue weighted by Crippen LogP contribution is 2.28. The average molecular weight is 283 g/mol. The minimum Gasteiger partial charge on any atom is -0.493 e. The molecule has 5 nitrogen and oxygen atoms in total. The van der Waals surface area contributed by atoms with Crippen molar-refractivity contribution >= 4 is 11.6 Å². The summed E-state index contributed by atoms with van der Waals surface area (Å²) >= 11 is 5.90. The Balaban J connectivity index is 2.13. The molecule has 1 aromatic carbocycles. The van der Waals surface area contributed by atoms with Gasteiger partial charge >= 0.3 is 0 Å². The molecule has 0 saturated carbocycles. The lowest BCUT2D eigenvalue weighted by Gasteiger charge is -2.11. The highest BCUT2D eigenvalue weighted by atomic mass is 35.5. The molecule has 0 bridgehead atoms. The molecule has 0 radical (unpaired) electrons. The van der Waals surface area contributed by atoms with Crippen molar-refractivity contribution in [2.75, 3.05) is 7.11 Å². The molecule has 0 atom stereocenters. The van der Waals surface area contributed by atoms with Gasteiger partial charge in [0.25, 0.3) is 0 Å². The second-order valence-electron chi connectivity index (χ2n) is 3.99. The number of halogens is 1. The topological polar surface area (TPSA) is 56.5 Å². The maximum Gasteiger partial charge on any atom is 0.161 e. The van der Waals surface area contributed by atoms with Crippen LogP contribution in [0.3, 0.4) is 0 Å². The third kappa shape index (κ3) is 3.00. The highest BCUT2D eigenvalue weighted by Gasteiger charge is 2.09. The Labute approximate surface area is 116 Å². The summed E-state index contributed by atoms with van der Waals surface area (Å²) in [5, 5.41) is 9.63. The fraction of sp³-hybridized carbons (Fsp3) is 0.308. The maximum absolute atomic E-state index is 9.07. The standard InChI is InChI=1S/C13H15ClN2O3/c1-16-12(14)6-15-13(16)8-19-10-4-3-9(7-17)5-11(10)18-2/h3-6,17H,7-8H2,1-2H3. The number of methoxy groups -OCH3 is 1. The predicted molar refractivity (Wildman–Crippen MR) is 71.5 cm³/mol. The zero-order valence-electron chi connectivity index (χ0n) is 10.8. The summed E-state index contributed by atoms with van der Waals surface area (Å²) in [6.07, 6.45) is 1.58. The van der Waals surface area contributed by atoms with Crippen LogP contribution in [-0.2, 0) is 20.3 Å². The van der Waals surface area contributed by atoms with E-state index in [-0.39, 0.29) is 13.2 Å². The van der Waals surface area contributed by atoms with Crippen LogP contribution >= 0.6 is 11.6 Å². The Bertz CT molecular complexity index is 569. The van der Waals surface area contributed by atoms with E-state index in [0.29, 0.717) is 16.7 Å². The normalized spacial score (nSPS) is 10.5. The van der Waals surface area contributed by atoms with E-state index in [9.17, 15) is 0 Å². The maximum atomic E-state index is 9.07. The van der Waals surface area contributed by atoms with Gasteiger partial charge in [-0.2, -0.15) is 0 Å². The van der Waals surface area contributed by atoms with Crippen LogP contribution in [0.5, 0.6) is 11.5 Å². The van der Waals surface area contributed by atoms with Gasteiger partial charge in [-0.15, -0.1) is 0 Å². The lowest BCUT2D eigenvalue weighted by atomic mass is 10.2. The molecule has 0 aliphatic carbocycles. The number of hydrogen-bond donors (Lipinski definition) is 1. The summed E-state index contributed by atoms with van der Waals surface area (Å²) in [6.45, 7) is 0.254. The van der Waals surface area contributed by atoms with Gasteiger partial charge < -0.3 is 19.1 Å². The minimum atomic E-state index is -0.0361. The number of hydrogen-bond acceptors (Lipinski definition) is 4. The van der Waals surface area contributed by atoms with Gasteiger partial charge in [-0.25, -0.2) is 4.98 Å². The first-order chi connectivity index (χ1) is 9.15. The van der Waals surface area contributed by atoms with Crippen LogP contribution in [0.15, 0.2) is 24.4 Å². The smallest absolute Gasteiger partial charge is 0.161 e. The van der Waals surface area contributed by atoms with Crippen molar-refractivity contribution in [1.29, 1.82) is 0 Å². The second kappa shape index (κ2) is 5.95. The molecule has 2 rings (SSSR count). The van der Waals surface area contributed by atoms with Crippen molar-refractivity contribution in [2.24, 2.45) is 7.05 Å². The van der Waals surface area contributed by atoms with Crippen LogP contribution in [0, 0.1) is 0 Å². The molecule has 6 heteroatoms. The van der Waals surface area contributed by atoms with Crippen molar-refractivity contribution in [3.8, 4) is 11.5 Å². The van der Waals surface area contributed by atoms with E-state index in [4.69, 9.17) is 26.2 Å². The Morgan fingerprint density at radius 2 is 2.16 bits per heavy atom. The predicted octanol–water partition coefficient (Wildman–Crippen LogP) is 2.15. The van der Waals surface area contributed by atoms with Crippen LogP contribution in [-0.4, -0.2) is 21.8 Å². The third-order valence-electron chi connectivity index (χ3n) is 2.80. The Morgan fingerprint density at radius 3 is 2.74 bits per heavy atom. The van der Waals surface area contributed by atoms with Crippen LogP contribution in [0.25, 0.3) is 0 Å². The van der Waals surface area contributed by atoms with Crippen molar-refractivity contribution in [3.63, 3.8) is 0 Å². The molecule has 0 aliphatic rings. The number of aliphatic hydroxyl groups is 1. The largest absolute Gasteiger partial charge is 0.493 e. The molecule has 1 N–H and O–H groups in total. The molecule has 1 aromatic heterocycles. The van der Waals surface area contributed by atoms with E-state index < -0.39 is 0 Å². The van der Waals surface area contributed by atoms with E-state index in [1.54, 1.807) is 36.1 Å². The molecule has 0 saturated heterocycles. The molecule has 19 heavy (non-hydrogen) atoms. The third-order valence-corrected chi connectivity index (χ3v) is 3.15. The summed E-state index contributed by atoms with van der Waals surface area (Å²) in [5.74, 6) is 1.89. The van der Waals surface area contributed by atoms with Crippen molar-refractivity contribution in [2.45, 2.75) is 13.2 Å². The molecular weight excluding hydrogens is 268 g/mol. The highest BCUT2D eigenvalue weighted by molar-refractivity contribution is 6.29. The molecule has 0 unspecified atom stereocenters. The summed E-state index contributed by atoms with van der Waals surface area (Å²) in [6, 6.07) is 5.28. The van der Waals surface area contributed by atoms with Gasteiger partial charge in [0.15, 0.2) is 11.5 Å². The van der Waals surface area contributed by atoms with E-state index in [1.807, 2.05) is 7.05 Å². The Hall–Kier alpha value is -1.72. The van der Waals surface area contributed by atoms with Crippen LogP contribution in [0.4, 0.5) is 0 Å². The van der Waals surface area contributed by atoms with Gasteiger partial charge in [-0.05, 0) is 17.7 Å². The molecule has 0 fully saturated rings. The number of imidazole rings is 1. The summed E-state index contributed by atoms with van der Waals surface area (Å²) in [7, 11) is 3.38. The van der Waals surface area contributed by atoms with Crippen molar-refractivity contribution < 1.29 is 14.6 Å². The zero-order valence-corrected chi connectivity index (χ0v) is 11.5. The molecule has 102 valence electrons.